The molecule has 0 aliphatic heterocycles. The second-order valence-corrected chi connectivity index (χ2v) is 7.94. The topological polar surface area (TPSA) is 70.7 Å². The number of allylic oxidation sites excluding steroid dienone is 1. The van der Waals surface area contributed by atoms with Gasteiger partial charge in [-0.3, -0.25) is 0 Å². The Bertz CT molecular complexity index is 618. The van der Waals surface area contributed by atoms with Crippen molar-refractivity contribution in [2.24, 2.45) is 22.7 Å². The van der Waals surface area contributed by atoms with Crippen molar-refractivity contribution in [2.45, 2.75) is 52.4 Å². The summed E-state index contributed by atoms with van der Waals surface area (Å²) in [5.41, 5.74) is 1.07. The van der Waals surface area contributed by atoms with Gasteiger partial charge in [-0.1, -0.05) is 19.9 Å². The van der Waals surface area contributed by atoms with Crippen molar-refractivity contribution in [3.8, 4) is 0 Å². The second-order valence-electron chi connectivity index (χ2n) is 7.94. The molecule has 2 aliphatic carbocycles. The zero-order chi connectivity index (χ0) is 17.4. The van der Waals surface area contributed by atoms with Gasteiger partial charge < -0.3 is 14.6 Å². The summed E-state index contributed by atoms with van der Waals surface area (Å²) < 4.78 is 5.18. The number of hydrogen-bond acceptors (Lipinski definition) is 3. The van der Waals surface area contributed by atoms with Gasteiger partial charge in [0, 0.05) is 11.0 Å². The summed E-state index contributed by atoms with van der Waals surface area (Å²) >= 11 is 0. The molecule has 4 nitrogen and oxygen atoms in total. The molecule has 0 bridgehead atoms. The first kappa shape index (κ1) is 17.3. The fourth-order valence-corrected chi connectivity index (χ4v) is 5.32. The first-order valence-electron chi connectivity index (χ1n) is 9.00. The van der Waals surface area contributed by atoms with Crippen LogP contribution in [-0.4, -0.2) is 22.8 Å². The molecule has 2 aliphatic rings. The molecule has 4 atom stereocenters. The predicted octanol–water partition coefficient (Wildman–Crippen LogP) is 4.05. The Balaban J connectivity index is 1.93. The highest BCUT2D eigenvalue weighted by atomic mass is 16.4. The molecule has 1 saturated carbocycles. The third-order valence-corrected chi connectivity index (χ3v) is 7.00. The van der Waals surface area contributed by atoms with Crippen molar-refractivity contribution in [2.75, 3.05) is 6.61 Å². The van der Waals surface area contributed by atoms with Crippen LogP contribution < -0.4 is 0 Å². The van der Waals surface area contributed by atoms with Crippen molar-refractivity contribution < 1.29 is 19.4 Å². The summed E-state index contributed by atoms with van der Waals surface area (Å²) in [6.07, 6.45) is 10.8. The van der Waals surface area contributed by atoms with Crippen LogP contribution in [0.4, 0.5) is 0 Å². The average molecular weight is 332 g/mol. The van der Waals surface area contributed by atoms with Crippen molar-refractivity contribution in [1.82, 2.24) is 0 Å². The summed E-state index contributed by atoms with van der Waals surface area (Å²) in [4.78, 5) is 11.8. The first-order valence-corrected chi connectivity index (χ1v) is 9.00. The fourth-order valence-electron chi connectivity index (χ4n) is 5.32. The number of carboxylic acid groups (broad SMARTS) is 1. The van der Waals surface area contributed by atoms with E-state index in [-0.39, 0.29) is 17.9 Å². The lowest BCUT2D eigenvalue weighted by molar-refractivity contribution is -0.139. The van der Waals surface area contributed by atoms with Gasteiger partial charge >= 0.3 is 5.97 Å². The number of rotatable bonds is 5. The zero-order valence-electron chi connectivity index (χ0n) is 14.6. The van der Waals surface area contributed by atoms with Gasteiger partial charge in [-0.05, 0) is 67.4 Å². The highest BCUT2D eigenvalue weighted by Crippen LogP contribution is 2.61. The van der Waals surface area contributed by atoms with Gasteiger partial charge in [-0.15, -0.1) is 0 Å². The Hall–Kier alpha value is -1.55. The SMILES string of the molecule is C[C@H]1CC[C@@]2(CO)C(C(=O)O)=CCCC2[C@@]1(C)CCc1ccoc1. The van der Waals surface area contributed by atoms with E-state index >= 15 is 0 Å². The lowest BCUT2D eigenvalue weighted by Gasteiger charge is -2.58. The minimum atomic E-state index is -0.861. The number of fused-ring (bicyclic) bond motifs is 1. The number of aliphatic hydroxyl groups excluding tert-OH is 1. The maximum Gasteiger partial charge on any atom is 0.331 e. The fraction of sp³-hybridized carbons (Fsp3) is 0.650. The second kappa shape index (κ2) is 6.40. The Morgan fingerprint density at radius 1 is 1.42 bits per heavy atom. The predicted molar refractivity (Wildman–Crippen MR) is 91.5 cm³/mol. The van der Waals surface area contributed by atoms with E-state index in [0.29, 0.717) is 11.5 Å². The van der Waals surface area contributed by atoms with E-state index in [1.54, 1.807) is 12.5 Å². The van der Waals surface area contributed by atoms with Gasteiger partial charge in [0.2, 0.25) is 0 Å². The van der Waals surface area contributed by atoms with Gasteiger partial charge in [-0.25, -0.2) is 4.79 Å². The van der Waals surface area contributed by atoms with E-state index in [1.807, 2.05) is 12.1 Å². The number of aliphatic hydroxyl groups is 1. The molecule has 2 N–H and O–H groups in total. The van der Waals surface area contributed by atoms with Crippen LogP contribution in [0.25, 0.3) is 0 Å². The molecule has 1 heterocycles. The summed E-state index contributed by atoms with van der Waals surface area (Å²) in [5.74, 6) is -0.135. The number of carboxylic acids is 1. The van der Waals surface area contributed by atoms with E-state index in [0.717, 1.165) is 38.5 Å². The van der Waals surface area contributed by atoms with Crippen LogP contribution in [0.15, 0.2) is 34.7 Å². The van der Waals surface area contributed by atoms with Crippen LogP contribution in [0.1, 0.15) is 51.5 Å². The minimum Gasteiger partial charge on any atom is -0.478 e. The van der Waals surface area contributed by atoms with E-state index in [2.05, 4.69) is 13.8 Å². The lowest BCUT2D eigenvalue weighted by Crippen LogP contribution is -2.54. The van der Waals surface area contributed by atoms with E-state index < -0.39 is 11.4 Å². The first-order chi connectivity index (χ1) is 11.4. The quantitative estimate of drug-likeness (QED) is 0.853. The van der Waals surface area contributed by atoms with E-state index in [4.69, 9.17) is 4.42 Å². The number of furan rings is 1. The molecule has 1 aromatic rings. The van der Waals surface area contributed by atoms with Gasteiger partial charge in [-0.2, -0.15) is 0 Å². The van der Waals surface area contributed by atoms with Crippen LogP contribution in [0.3, 0.4) is 0 Å². The van der Waals surface area contributed by atoms with Crippen molar-refractivity contribution in [3.05, 3.63) is 35.8 Å². The van der Waals surface area contributed by atoms with Crippen LogP contribution in [0.2, 0.25) is 0 Å². The molecule has 0 saturated heterocycles. The molecule has 0 amide bonds. The Morgan fingerprint density at radius 3 is 2.83 bits per heavy atom. The highest BCUT2D eigenvalue weighted by Gasteiger charge is 2.57. The standard InChI is InChI=1S/C20H28O4/c1-14-6-10-20(13-21)16(18(22)23)4-3-5-17(20)19(14,2)9-7-15-8-11-24-12-15/h4,8,11-12,14,17,21H,3,5-7,9-10,13H2,1-2H3,(H,22,23)/t14-,17?,19-,20+/m0/s1. The van der Waals surface area contributed by atoms with Crippen LogP contribution >= 0.6 is 0 Å². The Kier molecular flexibility index (Phi) is 4.60. The number of aliphatic carboxylic acids is 1. The number of aryl methyl sites for hydroxylation is 1. The van der Waals surface area contributed by atoms with E-state index in [9.17, 15) is 15.0 Å². The summed E-state index contributed by atoms with van der Waals surface area (Å²) in [6, 6.07) is 2.00. The molecule has 1 fully saturated rings. The van der Waals surface area contributed by atoms with Crippen LogP contribution in [0.5, 0.6) is 0 Å². The molecule has 3 rings (SSSR count). The maximum atomic E-state index is 11.8. The molecular formula is C20H28O4. The molecule has 0 aromatic carbocycles. The molecule has 4 heteroatoms. The third kappa shape index (κ3) is 2.61. The third-order valence-electron chi connectivity index (χ3n) is 7.00. The smallest absolute Gasteiger partial charge is 0.331 e. The normalized spacial score (nSPS) is 36.0. The molecule has 0 radical (unpaired) electrons. The summed E-state index contributed by atoms with van der Waals surface area (Å²) in [5, 5.41) is 19.9. The van der Waals surface area contributed by atoms with Gasteiger partial charge in [0.1, 0.15) is 0 Å². The Morgan fingerprint density at radius 2 is 2.21 bits per heavy atom. The zero-order valence-corrected chi connectivity index (χ0v) is 14.6. The summed E-state index contributed by atoms with van der Waals surface area (Å²) in [7, 11) is 0. The Labute approximate surface area is 143 Å². The minimum absolute atomic E-state index is 0.0210. The van der Waals surface area contributed by atoms with Crippen LogP contribution in [0, 0.1) is 22.7 Å². The number of hydrogen-bond donors (Lipinski definition) is 2. The van der Waals surface area contributed by atoms with E-state index in [1.165, 1.54) is 5.56 Å². The molecule has 132 valence electrons. The summed E-state index contributed by atoms with van der Waals surface area (Å²) in [6.45, 7) is 4.52. The molecular weight excluding hydrogens is 304 g/mol. The largest absolute Gasteiger partial charge is 0.478 e. The van der Waals surface area contributed by atoms with Crippen molar-refractivity contribution >= 4 is 5.97 Å². The highest BCUT2D eigenvalue weighted by molar-refractivity contribution is 5.88. The van der Waals surface area contributed by atoms with Crippen molar-refractivity contribution in [1.29, 1.82) is 0 Å². The van der Waals surface area contributed by atoms with Crippen molar-refractivity contribution in [3.63, 3.8) is 0 Å². The lowest BCUT2D eigenvalue weighted by atomic mass is 9.46. The average Bonchev–Trinajstić information content (AvgIpc) is 3.09. The molecule has 1 aromatic heterocycles. The molecule has 24 heavy (non-hydrogen) atoms. The van der Waals surface area contributed by atoms with Gasteiger partial charge in [0.25, 0.3) is 0 Å². The van der Waals surface area contributed by atoms with Crippen LogP contribution in [-0.2, 0) is 11.2 Å². The van der Waals surface area contributed by atoms with Gasteiger partial charge in [0.05, 0.1) is 19.1 Å². The molecule has 0 spiro atoms. The maximum absolute atomic E-state index is 11.8. The molecule has 1 unspecified atom stereocenters. The number of carbonyl (C=O) groups is 1. The monoisotopic (exact) mass is 332 g/mol. The van der Waals surface area contributed by atoms with Gasteiger partial charge in [0.15, 0.2) is 0 Å².